The number of nitro benzene ring substituents is 6. The summed E-state index contributed by atoms with van der Waals surface area (Å²) in [5.74, 6) is 0. The van der Waals surface area contributed by atoms with Crippen LogP contribution < -0.4 is 29.6 Å². The smallest absolute Gasteiger partial charge is 0.744 e. The van der Waals surface area contributed by atoms with Gasteiger partial charge in [0.15, 0.2) is 0 Å². The van der Waals surface area contributed by atoms with Gasteiger partial charge in [0, 0.05) is 18.2 Å². The Bertz CT molecular complexity index is 1950. The third kappa shape index (κ3) is 13.3. The van der Waals surface area contributed by atoms with Crippen molar-refractivity contribution in [2.45, 2.75) is 14.7 Å². The maximum atomic E-state index is 10.6. The van der Waals surface area contributed by atoms with Gasteiger partial charge < -0.3 is 13.7 Å². The monoisotopic (exact) mass is 820 g/mol. The standard InChI is InChI=1S/3C6H4N2O7S.Fe.Na/c3*9-7(10)4-1-2-6(16(13,14)15)5(3-4)8(11)12;;/h3*1-3H,(H,13,14,15);;/q;;;+2;+1/p-3. The van der Waals surface area contributed by atoms with E-state index in [4.69, 9.17) is 0 Å². The summed E-state index contributed by atoms with van der Waals surface area (Å²) in [7, 11) is -15.1. The second-order valence-corrected chi connectivity index (χ2v) is 11.9. The Morgan fingerprint density at radius 1 is 0.380 bits per heavy atom. The van der Waals surface area contributed by atoms with Crippen molar-refractivity contribution in [1.29, 1.82) is 0 Å². The van der Waals surface area contributed by atoms with Gasteiger partial charge in [-0.3, -0.25) is 60.7 Å². The fourth-order valence-electron chi connectivity index (χ4n) is 2.92. The molecule has 27 nitrogen and oxygen atoms in total. The zero-order valence-corrected chi connectivity index (χ0v) is 29.1. The predicted octanol–water partition coefficient (Wildman–Crippen LogP) is -1.78. The van der Waals surface area contributed by atoms with Crippen LogP contribution in [0.25, 0.3) is 0 Å². The number of rotatable bonds is 9. The summed E-state index contributed by atoms with van der Waals surface area (Å²) in [6.45, 7) is 0. The molecule has 0 fully saturated rings. The molecule has 0 N–H and O–H groups in total. The predicted molar refractivity (Wildman–Crippen MR) is 143 cm³/mol. The van der Waals surface area contributed by atoms with Crippen LogP contribution in [0.4, 0.5) is 34.1 Å². The van der Waals surface area contributed by atoms with Crippen molar-refractivity contribution in [2.75, 3.05) is 0 Å². The fraction of sp³-hybridized carbons (Fsp3) is 0. The molecule has 0 unspecified atom stereocenters. The van der Waals surface area contributed by atoms with Crippen LogP contribution in [-0.4, -0.2) is 68.5 Å². The van der Waals surface area contributed by atoms with Crippen LogP contribution in [-0.2, 0) is 47.4 Å². The third-order valence-electron chi connectivity index (χ3n) is 4.86. The summed E-state index contributed by atoms with van der Waals surface area (Å²) in [5.41, 5.74) is -5.32. The molecule has 0 heterocycles. The molecule has 0 atom stereocenters. The second-order valence-electron chi connectivity index (χ2n) is 7.86. The van der Waals surface area contributed by atoms with Crippen molar-refractivity contribution in [3.05, 3.63) is 115 Å². The van der Waals surface area contributed by atoms with Gasteiger partial charge in [0.2, 0.25) is 0 Å². The average Bonchev–Trinajstić information content (AvgIpc) is 2.95. The average molecular weight is 820 g/mol. The van der Waals surface area contributed by atoms with E-state index in [1.165, 1.54) is 0 Å². The van der Waals surface area contributed by atoms with Crippen molar-refractivity contribution in [3.63, 3.8) is 0 Å². The molecule has 0 amide bonds. The van der Waals surface area contributed by atoms with Crippen molar-refractivity contribution in [1.82, 2.24) is 0 Å². The Balaban J connectivity index is 0. The fourth-order valence-corrected chi connectivity index (χ4v) is 4.79. The van der Waals surface area contributed by atoms with Crippen LogP contribution >= 0.6 is 0 Å². The summed E-state index contributed by atoms with van der Waals surface area (Å²) in [4.78, 5) is 52.5. The zero-order chi connectivity index (χ0) is 37.5. The van der Waals surface area contributed by atoms with Gasteiger partial charge >= 0.3 is 46.6 Å². The van der Waals surface area contributed by atoms with Crippen LogP contribution in [0.1, 0.15) is 0 Å². The summed E-state index contributed by atoms with van der Waals surface area (Å²) in [6, 6.07) is 5.00. The molecular formula is C18H9FeN6NaO21S3. The van der Waals surface area contributed by atoms with E-state index in [-0.39, 0.29) is 46.6 Å². The SMILES string of the molecule is O=[N+]([O-])c1ccc(S(=O)(=O)[O-])c([N+](=O)[O-])c1.O=[N+]([O-])c1ccc(S(=O)(=O)[O-])c([N+](=O)[O-])c1.O=[N+]([O-])c1ccc(S(=O)(=O)[O-])c([N+](=O)[O-])c1.[Fe+2].[Na+]. The summed E-state index contributed by atoms with van der Waals surface area (Å²) in [5, 5.41) is 62.1. The molecule has 0 aliphatic heterocycles. The number of hydrogen-bond acceptors (Lipinski definition) is 21. The minimum Gasteiger partial charge on any atom is -0.744 e. The molecule has 32 heteroatoms. The van der Waals surface area contributed by atoms with E-state index in [0.29, 0.717) is 54.6 Å². The van der Waals surface area contributed by atoms with E-state index in [2.05, 4.69) is 0 Å². The summed E-state index contributed by atoms with van der Waals surface area (Å²) >= 11 is 0. The Morgan fingerprint density at radius 3 is 0.680 bits per heavy atom. The second kappa shape index (κ2) is 18.3. The Kier molecular flexibility index (Phi) is 17.4. The number of hydrogen-bond donors (Lipinski definition) is 0. The van der Waals surface area contributed by atoms with E-state index >= 15 is 0 Å². The first kappa shape index (κ1) is 47.4. The van der Waals surface area contributed by atoms with E-state index < -0.39 is 109 Å². The van der Waals surface area contributed by atoms with Gasteiger partial charge in [0.25, 0.3) is 34.1 Å². The molecule has 264 valence electrons. The maximum absolute atomic E-state index is 10.6. The normalized spacial score (nSPS) is 10.6. The van der Waals surface area contributed by atoms with Crippen LogP contribution in [0.2, 0.25) is 0 Å². The molecule has 3 aromatic rings. The number of benzene rings is 3. The van der Waals surface area contributed by atoms with Gasteiger partial charge in [-0.05, 0) is 18.2 Å². The Labute approximate surface area is 307 Å². The van der Waals surface area contributed by atoms with Crippen LogP contribution in [0.15, 0.2) is 69.3 Å². The topological polar surface area (TPSA) is 430 Å². The Morgan fingerprint density at radius 2 is 0.560 bits per heavy atom. The molecule has 0 aromatic heterocycles. The van der Waals surface area contributed by atoms with E-state index in [9.17, 15) is 99.6 Å². The van der Waals surface area contributed by atoms with Crippen LogP contribution in [0.3, 0.4) is 0 Å². The first-order valence-electron chi connectivity index (χ1n) is 10.9. The minimum atomic E-state index is -5.04. The number of non-ortho nitro benzene ring substituents is 3. The molecule has 0 aliphatic carbocycles. The summed E-state index contributed by atoms with van der Waals surface area (Å²) < 4.78 is 95.5. The third-order valence-corrected chi connectivity index (χ3v) is 7.51. The van der Waals surface area contributed by atoms with Gasteiger partial charge in [0.1, 0.15) is 45.0 Å². The molecule has 0 aliphatic rings. The molecule has 50 heavy (non-hydrogen) atoms. The van der Waals surface area contributed by atoms with Crippen molar-refractivity contribution >= 4 is 64.5 Å². The van der Waals surface area contributed by atoms with Gasteiger partial charge in [-0.1, -0.05) is 0 Å². The van der Waals surface area contributed by atoms with Gasteiger partial charge in [0.05, 0.1) is 47.7 Å². The van der Waals surface area contributed by atoms with Gasteiger partial charge in [-0.2, -0.15) is 0 Å². The van der Waals surface area contributed by atoms with Crippen LogP contribution in [0.5, 0.6) is 0 Å². The van der Waals surface area contributed by atoms with Crippen molar-refractivity contribution in [2.24, 2.45) is 0 Å². The maximum Gasteiger partial charge on any atom is 2.00 e. The van der Waals surface area contributed by atoms with Crippen molar-refractivity contribution in [3.8, 4) is 0 Å². The molecule has 3 rings (SSSR count). The van der Waals surface area contributed by atoms with Crippen molar-refractivity contribution < 1.29 is 115 Å². The van der Waals surface area contributed by atoms with Gasteiger partial charge in [-0.15, -0.1) is 0 Å². The number of nitro groups is 6. The first-order chi connectivity index (χ1) is 21.7. The molecule has 0 saturated heterocycles. The van der Waals surface area contributed by atoms with Gasteiger partial charge in [-0.25, -0.2) is 25.3 Å². The molecule has 0 saturated carbocycles. The first-order valence-corrected chi connectivity index (χ1v) is 15.1. The van der Waals surface area contributed by atoms with E-state index in [1.54, 1.807) is 0 Å². The quantitative estimate of drug-likeness (QED) is 0.0996. The molecule has 3 aromatic carbocycles. The Hall–Kier alpha value is -4.69. The van der Waals surface area contributed by atoms with E-state index in [0.717, 1.165) is 0 Å². The molecular weight excluding hydrogens is 811 g/mol. The molecule has 0 bridgehead atoms. The van der Waals surface area contributed by atoms with Crippen LogP contribution in [0, 0.1) is 60.7 Å². The van der Waals surface area contributed by atoms with E-state index in [1.807, 2.05) is 0 Å². The largest absolute Gasteiger partial charge is 2.00 e. The molecule has 0 radical (unpaired) electrons. The minimum absolute atomic E-state index is 0. The molecule has 0 spiro atoms. The summed E-state index contributed by atoms with van der Waals surface area (Å²) in [6.07, 6.45) is 0. The number of nitrogens with zero attached hydrogens (tertiary/aromatic N) is 6. The zero-order valence-electron chi connectivity index (χ0n) is 23.5.